The van der Waals surface area contributed by atoms with Crippen LogP contribution in [0.15, 0.2) is 60.3 Å². The zero-order valence-corrected chi connectivity index (χ0v) is 13.4. The molecule has 0 aliphatic carbocycles. The summed E-state index contributed by atoms with van der Waals surface area (Å²) in [7, 11) is 0. The van der Waals surface area contributed by atoms with E-state index in [9.17, 15) is 19.2 Å². The third-order valence-electron chi connectivity index (χ3n) is 3.25. The van der Waals surface area contributed by atoms with Crippen LogP contribution < -0.4 is 16.0 Å². The van der Waals surface area contributed by atoms with Crippen molar-refractivity contribution in [1.82, 2.24) is 0 Å². The molecule has 0 atom stereocenters. The van der Waals surface area contributed by atoms with Crippen molar-refractivity contribution in [3.63, 3.8) is 0 Å². The highest BCUT2D eigenvalue weighted by Gasteiger charge is 2.23. The lowest BCUT2D eigenvalue weighted by Crippen LogP contribution is -2.36. The zero-order chi connectivity index (χ0) is 18.4. The number of nitrogens with one attached hydrogen (secondary N) is 1. The molecule has 2 rings (SSSR count). The number of hydrogen-bond donors (Lipinski definition) is 2. The van der Waals surface area contributed by atoms with E-state index in [-0.39, 0.29) is 5.57 Å². The number of benzene rings is 2. The lowest BCUT2D eigenvalue weighted by molar-refractivity contribution is -0.123. The number of anilines is 3. The van der Waals surface area contributed by atoms with E-state index < -0.39 is 17.6 Å². The van der Waals surface area contributed by atoms with Crippen LogP contribution in [0.4, 0.5) is 21.5 Å². The van der Waals surface area contributed by atoms with Crippen LogP contribution in [0.1, 0.15) is 6.92 Å². The van der Waals surface area contributed by atoms with Crippen molar-refractivity contribution in [2.75, 3.05) is 16.0 Å². The van der Waals surface area contributed by atoms with Gasteiger partial charge < -0.3 is 11.1 Å². The summed E-state index contributed by atoms with van der Waals surface area (Å²) in [6.45, 7) is 1.22. The number of nitrogens with zero attached hydrogens (tertiary/aromatic N) is 2. The number of carbonyl (C=O) groups is 2. The van der Waals surface area contributed by atoms with E-state index in [2.05, 4.69) is 5.32 Å². The lowest BCUT2D eigenvalue weighted by Gasteiger charge is -2.19. The number of halogens is 1. The highest BCUT2D eigenvalue weighted by atomic mass is 19.1. The molecule has 0 aromatic heterocycles. The second-order valence-corrected chi connectivity index (χ2v) is 5.07. The van der Waals surface area contributed by atoms with Crippen molar-refractivity contribution in [3.8, 4) is 6.07 Å². The summed E-state index contributed by atoms with van der Waals surface area (Å²) in [4.78, 5) is 25.3. The van der Waals surface area contributed by atoms with Crippen molar-refractivity contribution in [2.24, 2.45) is 0 Å². The maximum Gasteiger partial charge on any atom is 0.277 e. The molecule has 7 heteroatoms. The number of amides is 2. The lowest BCUT2D eigenvalue weighted by atomic mass is 10.2. The predicted octanol–water partition coefficient (Wildman–Crippen LogP) is 2.81. The molecule has 0 saturated heterocycles. The van der Waals surface area contributed by atoms with Gasteiger partial charge in [-0.2, -0.15) is 5.26 Å². The van der Waals surface area contributed by atoms with Gasteiger partial charge in [0.25, 0.3) is 5.91 Å². The Kier molecular flexibility index (Phi) is 5.48. The molecule has 2 aromatic rings. The molecule has 0 unspecified atom stereocenters. The number of imide groups is 1. The fourth-order valence-electron chi connectivity index (χ4n) is 2.03. The van der Waals surface area contributed by atoms with E-state index in [1.165, 1.54) is 49.5 Å². The van der Waals surface area contributed by atoms with Gasteiger partial charge in [0.2, 0.25) is 5.91 Å². The Morgan fingerprint density at radius 3 is 2.28 bits per heavy atom. The SMILES string of the molecule is CC(=O)N(C(=O)/C(C#N)=C\Nc1ccc(F)cc1)c1ccc(N)cc1. The average molecular weight is 338 g/mol. The van der Waals surface area contributed by atoms with Crippen molar-refractivity contribution in [2.45, 2.75) is 6.92 Å². The normalized spacial score (nSPS) is 10.7. The first-order chi connectivity index (χ1) is 11.9. The summed E-state index contributed by atoms with van der Waals surface area (Å²) >= 11 is 0. The summed E-state index contributed by atoms with van der Waals surface area (Å²) in [6, 6.07) is 13.2. The Morgan fingerprint density at radius 1 is 1.16 bits per heavy atom. The highest BCUT2D eigenvalue weighted by Crippen LogP contribution is 2.19. The van der Waals surface area contributed by atoms with Gasteiger partial charge in [-0.05, 0) is 48.5 Å². The van der Waals surface area contributed by atoms with Crippen LogP contribution in [-0.2, 0) is 9.59 Å². The number of carbonyl (C=O) groups excluding carboxylic acids is 2. The quantitative estimate of drug-likeness (QED) is 0.507. The van der Waals surface area contributed by atoms with E-state index in [0.29, 0.717) is 17.1 Å². The third-order valence-corrected chi connectivity index (χ3v) is 3.25. The molecule has 0 aliphatic heterocycles. The van der Waals surface area contributed by atoms with E-state index in [1.807, 2.05) is 0 Å². The topological polar surface area (TPSA) is 99.2 Å². The fourth-order valence-corrected chi connectivity index (χ4v) is 2.03. The molecule has 0 fully saturated rings. The minimum Gasteiger partial charge on any atom is -0.399 e. The number of nitriles is 1. The molecule has 0 saturated carbocycles. The standard InChI is InChI=1S/C18H15FN4O2/c1-12(24)23(17-8-4-15(21)5-9-17)18(25)13(10-20)11-22-16-6-2-14(19)3-7-16/h2-9,11,22H,21H2,1H3/b13-11-. The Bertz CT molecular complexity index is 852. The summed E-state index contributed by atoms with van der Waals surface area (Å²) in [5.41, 5.74) is 6.59. The summed E-state index contributed by atoms with van der Waals surface area (Å²) in [5.74, 6) is -1.73. The van der Waals surface area contributed by atoms with Crippen LogP contribution in [-0.4, -0.2) is 11.8 Å². The van der Waals surface area contributed by atoms with Gasteiger partial charge in [0, 0.05) is 24.5 Å². The minimum absolute atomic E-state index is 0.281. The molecule has 0 radical (unpaired) electrons. The molecular weight excluding hydrogens is 323 g/mol. The number of hydrogen-bond acceptors (Lipinski definition) is 5. The van der Waals surface area contributed by atoms with E-state index in [0.717, 1.165) is 4.90 Å². The summed E-state index contributed by atoms with van der Waals surface area (Å²) < 4.78 is 12.9. The van der Waals surface area contributed by atoms with Crippen LogP contribution >= 0.6 is 0 Å². The highest BCUT2D eigenvalue weighted by molar-refractivity contribution is 6.21. The maximum absolute atomic E-state index is 12.9. The number of nitrogens with two attached hydrogens (primary N) is 1. The molecule has 3 N–H and O–H groups in total. The fraction of sp³-hybridized carbons (Fsp3) is 0.0556. The molecule has 126 valence electrons. The summed E-state index contributed by atoms with van der Waals surface area (Å²) in [5, 5.41) is 12.0. The first-order valence-corrected chi connectivity index (χ1v) is 7.25. The van der Waals surface area contributed by atoms with Crippen molar-refractivity contribution >= 4 is 28.9 Å². The Balaban J connectivity index is 2.27. The number of nitrogen functional groups attached to an aromatic ring is 1. The molecule has 6 nitrogen and oxygen atoms in total. The second kappa shape index (κ2) is 7.75. The van der Waals surface area contributed by atoms with Gasteiger partial charge in [0.15, 0.2) is 0 Å². The van der Waals surface area contributed by atoms with Gasteiger partial charge in [-0.15, -0.1) is 0 Å². The molecule has 2 amide bonds. The predicted molar refractivity (Wildman–Crippen MR) is 92.7 cm³/mol. The third kappa shape index (κ3) is 4.42. The Morgan fingerprint density at radius 2 is 1.76 bits per heavy atom. The molecule has 25 heavy (non-hydrogen) atoms. The average Bonchev–Trinajstić information content (AvgIpc) is 2.58. The number of rotatable bonds is 4. The van der Waals surface area contributed by atoms with Crippen LogP contribution in [0.2, 0.25) is 0 Å². The van der Waals surface area contributed by atoms with Crippen molar-refractivity contribution in [1.29, 1.82) is 5.26 Å². The monoisotopic (exact) mass is 338 g/mol. The van der Waals surface area contributed by atoms with Gasteiger partial charge in [0.05, 0.1) is 5.69 Å². The minimum atomic E-state index is -0.783. The van der Waals surface area contributed by atoms with Gasteiger partial charge >= 0.3 is 0 Å². The van der Waals surface area contributed by atoms with Crippen molar-refractivity contribution in [3.05, 3.63) is 66.1 Å². The maximum atomic E-state index is 12.9. The van der Waals surface area contributed by atoms with Gasteiger partial charge in [0.1, 0.15) is 17.5 Å². The second-order valence-electron chi connectivity index (χ2n) is 5.07. The first-order valence-electron chi connectivity index (χ1n) is 7.25. The van der Waals surface area contributed by atoms with Crippen LogP contribution in [0, 0.1) is 17.1 Å². The Hall–Kier alpha value is -3.66. The van der Waals surface area contributed by atoms with E-state index in [1.54, 1.807) is 18.2 Å². The van der Waals surface area contributed by atoms with Crippen LogP contribution in [0.5, 0.6) is 0 Å². The van der Waals surface area contributed by atoms with Crippen LogP contribution in [0.3, 0.4) is 0 Å². The molecule has 2 aromatic carbocycles. The summed E-state index contributed by atoms with van der Waals surface area (Å²) in [6.07, 6.45) is 1.17. The smallest absolute Gasteiger partial charge is 0.277 e. The van der Waals surface area contributed by atoms with Crippen molar-refractivity contribution < 1.29 is 14.0 Å². The molecule has 0 aliphatic rings. The van der Waals surface area contributed by atoms with Crippen LogP contribution in [0.25, 0.3) is 0 Å². The molecule has 0 heterocycles. The van der Waals surface area contributed by atoms with E-state index >= 15 is 0 Å². The van der Waals surface area contributed by atoms with Gasteiger partial charge in [-0.1, -0.05) is 0 Å². The molecular formula is C18H15FN4O2. The zero-order valence-electron chi connectivity index (χ0n) is 13.4. The van der Waals surface area contributed by atoms with Gasteiger partial charge in [-0.3, -0.25) is 9.59 Å². The first kappa shape index (κ1) is 17.7. The Labute approximate surface area is 144 Å². The largest absolute Gasteiger partial charge is 0.399 e. The van der Waals surface area contributed by atoms with Gasteiger partial charge in [-0.25, -0.2) is 9.29 Å². The van der Waals surface area contributed by atoms with E-state index in [4.69, 9.17) is 5.73 Å². The molecule has 0 spiro atoms. The molecule has 0 bridgehead atoms.